The zero-order chi connectivity index (χ0) is 36.3. The Bertz CT molecular complexity index is 3220. The molecule has 2 aromatic heterocycles. The monoisotopic (exact) mass is 703 g/mol. The van der Waals surface area contributed by atoms with Crippen LogP contribution in [0.3, 0.4) is 0 Å². The topological polar surface area (TPSA) is 29.5 Å². The largest absolute Gasteiger partial charge is 0.456 e. The first-order valence-electron chi connectivity index (χ1n) is 18.7. The molecule has 55 heavy (non-hydrogen) atoms. The Labute approximate surface area is 317 Å². The maximum absolute atomic E-state index is 6.66. The van der Waals surface area contributed by atoms with Crippen LogP contribution in [-0.4, -0.2) is 0 Å². The van der Waals surface area contributed by atoms with Crippen LogP contribution < -0.4 is 4.90 Å². The van der Waals surface area contributed by atoms with Gasteiger partial charge >= 0.3 is 0 Å². The van der Waals surface area contributed by atoms with Crippen molar-refractivity contribution >= 4 is 71.7 Å². The van der Waals surface area contributed by atoms with Gasteiger partial charge in [0.15, 0.2) is 0 Å². The Morgan fingerprint density at radius 1 is 0.309 bits per heavy atom. The van der Waals surface area contributed by atoms with Crippen molar-refractivity contribution in [2.24, 2.45) is 0 Å². The summed E-state index contributed by atoms with van der Waals surface area (Å²) in [6, 6.07) is 71.1. The normalized spacial score (nSPS) is 11.6. The highest BCUT2D eigenvalue weighted by Gasteiger charge is 2.24. The molecule has 0 amide bonds. The van der Waals surface area contributed by atoms with Gasteiger partial charge in [-0.05, 0) is 69.9 Å². The maximum atomic E-state index is 6.66. The van der Waals surface area contributed by atoms with Crippen molar-refractivity contribution in [3.05, 3.63) is 200 Å². The number of furan rings is 2. The van der Waals surface area contributed by atoms with Gasteiger partial charge < -0.3 is 13.7 Å². The third-order valence-corrected chi connectivity index (χ3v) is 10.9. The van der Waals surface area contributed by atoms with Crippen LogP contribution >= 0.6 is 0 Å². The molecule has 0 aliphatic carbocycles. The summed E-state index contributed by atoms with van der Waals surface area (Å²) in [7, 11) is 0. The average Bonchev–Trinajstić information content (AvgIpc) is 3.83. The molecule has 0 aliphatic rings. The molecule has 11 aromatic rings. The minimum absolute atomic E-state index is 0.859. The minimum atomic E-state index is 0.859. The van der Waals surface area contributed by atoms with E-state index >= 15 is 0 Å². The highest BCUT2D eigenvalue weighted by molar-refractivity contribution is 6.12. The molecule has 3 heteroatoms. The number of fused-ring (bicyclic) bond motifs is 7. The summed E-state index contributed by atoms with van der Waals surface area (Å²) >= 11 is 0. The molecular formula is C52H33NO2. The first kappa shape index (κ1) is 31.2. The first-order chi connectivity index (χ1) is 27.3. The van der Waals surface area contributed by atoms with Gasteiger partial charge in [0.1, 0.15) is 22.3 Å². The highest BCUT2D eigenvalue weighted by Crippen LogP contribution is 2.49. The third-order valence-electron chi connectivity index (χ3n) is 10.9. The van der Waals surface area contributed by atoms with E-state index in [0.717, 1.165) is 88.8 Å². The van der Waals surface area contributed by atoms with Crippen LogP contribution in [0.25, 0.3) is 88.0 Å². The lowest BCUT2D eigenvalue weighted by Gasteiger charge is -2.30. The average molecular weight is 704 g/mol. The first-order valence-corrected chi connectivity index (χ1v) is 18.7. The molecule has 0 atom stereocenters. The molecule has 0 unspecified atom stereocenters. The highest BCUT2D eigenvalue weighted by atomic mass is 16.3. The minimum Gasteiger partial charge on any atom is -0.456 e. The second-order valence-corrected chi connectivity index (χ2v) is 14.0. The van der Waals surface area contributed by atoms with Crippen molar-refractivity contribution in [3.63, 3.8) is 0 Å². The molecule has 0 fully saturated rings. The van der Waals surface area contributed by atoms with E-state index in [1.807, 2.05) is 24.3 Å². The molecule has 0 saturated carbocycles. The van der Waals surface area contributed by atoms with Crippen molar-refractivity contribution < 1.29 is 8.83 Å². The lowest BCUT2D eigenvalue weighted by atomic mass is 9.93. The summed E-state index contributed by atoms with van der Waals surface area (Å²) < 4.78 is 13.0. The van der Waals surface area contributed by atoms with Gasteiger partial charge in [0, 0.05) is 43.9 Å². The van der Waals surface area contributed by atoms with Crippen LogP contribution in [0.1, 0.15) is 0 Å². The molecule has 0 bridgehead atoms. The van der Waals surface area contributed by atoms with E-state index in [2.05, 4.69) is 181 Å². The second-order valence-electron chi connectivity index (χ2n) is 14.0. The SMILES string of the molecule is c1ccc(-c2ccc(-c3cccc4ccccc34)cc2N(c2ccc3oc4ccccc4c3c2)c2ccccc2-c2cccc3c2oc2ccccc23)cc1. The van der Waals surface area contributed by atoms with Crippen molar-refractivity contribution in [1.82, 2.24) is 0 Å². The number of hydrogen-bond donors (Lipinski definition) is 0. The fourth-order valence-corrected chi connectivity index (χ4v) is 8.34. The van der Waals surface area contributed by atoms with Crippen molar-refractivity contribution in [1.29, 1.82) is 0 Å². The molecule has 2 heterocycles. The zero-order valence-electron chi connectivity index (χ0n) is 29.8. The quantitative estimate of drug-likeness (QED) is 0.173. The van der Waals surface area contributed by atoms with Gasteiger partial charge in [0.25, 0.3) is 0 Å². The second kappa shape index (κ2) is 12.6. The molecular weight excluding hydrogens is 671 g/mol. The molecule has 0 aliphatic heterocycles. The summed E-state index contributed by atoms with van der Waals surface area (Å²) in [5.74, 6) is 0. The van der Waals surface area contributed by atoms with Gasteiger partial charge in [-0.2, -0.15) is 0 Å². The summed E-state index contributed by atoms with van der Waals surface area (Å²) in [5, 5.41) is 6.81. The standard InChI is InChI=1S/C52H33NO2/c1-2-14-35(15-3-1)40-30-28-36(39-22-12-17-34-16-4-5-18-38(34)39)32-48(40)53(37-29-31-51-46(33-37)43-21-8-10-26-49(43)54-51)47-25-9-6-19-41(47)44-23-13-24-45-42-20-7-11-27-50(42)55-52(44)45/h1-33H. The summed E-state index contributed by atoms with van der Waals surface area (Å²) in [4.78, 5) is 2.43. The summed E-state index contributed by atoms with van der Waals surface area (Å²) in [5.41, 5.74) is 13.3. The van der Waals surface area contributed by atoms with Gasteiger partial charge in [-0.25, -0.2) is 0 Å². The Morgan fingerprint density at radius 2 is 0.927 bits per heavy atom. The van der Waals surface area contributed by atoms with E-state index in [0.29, 0.717) is 0 Å². The van der Waals surface area contributed by atoms with Crippen LogP contribution in [-0.2, 0) is 0 Å². The molecule has 0 spiro atoms. The molecule has 0 saturated heterocycles. The lowest BCUT2D eigenvalue weighted by molar-refractivity contribution is 0.669. The van der Waals surface area contributed by atoms with Gasteiger partial charge in [0.2, 0.25) is 0 Å². The molecule has 9 aromatic carbocycles. The number of rotatable bonds is 6. The Kier molecular flexibility index (Phi) is 7.17. The van der Waals surface area contributed by atoms with Gasteiger partial charge in [-0.1, -0.05) is 158 Å². The molecule has 258 valence electrons. The van der Waals surface area contributed by atoms with E-state index < -0.39 is 0 Å². The Hall–Kier alpha value is -7.36. The third kappa shape index (κ3) is 5.13. The van der Waals surface area contributed by atoms with Crippen LogP contribution in [0, 0.1) is 0 Å². The predicted octanol–water partition coefficient (Wildman–Crippen LogP) is 15.1. The van der Waals surface area contributed by atoms with Gasteiger partial charge in [-0.3, -0.25) is 0 Å². The Balaban J connectivity index is 1.23. The van der Waals surface area contributed by atoms with Crippen LogP contribution in [0.5, 0.6) is 0 Å². The number of nitrogens with zero attached hydrogens (tertiary/aromatic N) is 1. The summed E-state index contributed by atoms with van der Waals surface area (Å²) in [6.45, 7) is 0. The Morgan fingerprint density at radius 3 is 1.80 bits per heavy atom. The van der Waals surface area contributed by atoms with E-state index in [4.69, 9.17) is 8.83 Å². The van der Waals surface area contributed by atoms with E-state index in [9.17, 15) is 0 Å². The van der Waals surface area contributed by atoms with E-state index in [1.54, 1.807) is 0 Å². The van der Waals surface area contributed by atoms with Crippen LogP contribution in [0.15, 0.2) is 209 Å². The molecule has 11 rings (SSSR count). The predicted molar refractivity (Wildman–Crippen MR) is 229 cm³/mol. The maximum Gasteiger partial charge on any atom is 0.143 e. The van der Waals surface area contributed by atoms with Gasteiger partial charge in [-0.15, -0.1) is 0 Å². The fraction of sp³-hybridized carbons (Fsp3) is 0. The summed E-state index contributed by atoms with van der Waals surface area (Å²) in [6.07, 6.45) is 0. The number of hydrogen-bond acceptors (Lipinski definition) is 3. The molecule has 3 nitrogen and oxygen atoms in total. The van der Waals surface area contributed by atoms with E-state index in [-0.39, 0.29) is 0 Å². The van der Waals surface area contributed by atoms with Gasteiger partial charge in [0.05, 0.1) is 11.4 Å². The van der Waals surface area contributed by atoms with E-state index in [1.165, 1.54) is 16.3 Å². The smallest absolute Gasteiger partial charge is 0.143 e. The molecule has 0 radical (unpaired) electrons. The van der Waals surface area contributed by atoms with Crippen molar-refractivity contribution in [2.45, 2.75) is 0 Å². The number of anilines is 3. The van der Waals surface area contributed by atoms with Crippen LogP contribution in [0.2, 0.25) is 0 Å². The molecule has 0 N–H and O–H groups in total. The fourth-order valence-electron chi connectivity index (χ4n) is 8.34. The van der Waals surface area contributed by atoms with Crippen molar-refractivity contribution in [2.75, 3.05) is 4.90 Å². The van der Waals surface area contributed by atoms with Crippen molar-refractivity contribution in [3.8, 4) is 33.4 Å². The number of para-hydroxylation sites is 4. The zero-order valence-corrected chi connectivity index (χ0v) is 29.8. The number of benzene rings is 9. The van der Waals surface area contributed by atoms with Crippen LogP contribution in [0.4, 0.5) is 17.1 Å². The lowest BCUT2D eigenvalue weighted by Crippen LogP contribution is -2.12.